The molecule has 3 heteroatoms. The van der Waals surface area contributed by atoms with E-state index in [9.17, 15) is 0 Å². The first-order valence-corrected chi connectivity index (χ1v) is 5.57. The third-order valence-corrected chi connectivity index (χ3v) is 3.65. The number of fused-ring (bicyclic) bond motifs is 1. The number of aryl methyl sites for hydroxylation is 1. The summed E-state index contributed by atoms with van der Waals surface area (Å²) < 4.78 is 0. The summed E-state index contributed by atoms with van der Waals surface area (Å²) in [7, 11) is 0. The highest BCUT2D eigenvalue weighted by atomic mass is 15.1. The van der Waals surface area contributed by atoms with Gasteiger partial charge in [-0.2, -0.15) is 5.10 Å². The fourth-order valence-corrected chi connectivity index (χ4v) is 2.76. The summed E-state index contributed by atoms with van der Waals surface area (Å²) in [6.45, 7) is 2.97. The van der Waals surface area contributed by atoms with E-state index in [4.69, 9.17) is 0 Å². The smallest absolute Gasteiger partial charge is 0.0762 e. The van der Waals surface area contributed by atoms with E-state index < -0.39 is 0 Å². The molecule has 76 valence electrons. The van der Waals surface area contributed by atoms with Crippen LogP contribution in [0.25, 0.3) is 0 Å². The highest BCUT2D eigenvalue weighted by Crippen LogP contribution is 2.51. The van der Waals surface area contributed by atoms with E-state index in [0.717, 1.165) is 35.8 Å². The summed E-state index contributed by atoms with van der Waals surface area (Å²) in [6, 6.07) is 2.89. The van der Waals surface area contributed by atoms with Gasteiger partial charge in [0.2, 0.25) is 0 Å². The molecule has 2 aliphatic carbocycles. The van der Waals surface area contributed by atoms with E-state index in [-0.39, 0.29) is 0 Å². The molecule has 14 heavy (non-hydrogen) atoms. The monoisotopic (exact) mass is 191 g/mol. The Bertz CT molecular complexity index is 331. The molecule has 3 unspecified atom stereocenters. The molecule has 2 N–H and O–H groups in total. The number of hydrogen-bond donors (Lipinski definition) is 2. The minimum atomic E-state index is 0.775. The molecule has 0 amide bonds. The number of nitrogens with one attached hydrogen (secondary N) is 2. The van der Waals surface area contributed by atoms with Crippen molar-refractivity contribution in [3.05, 3.63) is 17.5 Å². The molecular weight excluding hydrogens is 174 g/mol. The Morgan fingerprint density at radius 2 is 2.50 bits per heavy atom. The Morgan fingerprint density at radius 1 is 1.57 bits per heavy atom. The highest BCUT2D eigenvalue weighted by Gasteiger charge is 2.47. The van der Waals surface area contributed by atoms with Crippen LogP contribution in [0.2, 0.25) is 0 Å². The Kier molecular flexibility index (Phi) is 1.87. The number of nitrogens with zero attached hydrogens (tertiary/aromatic N) is 1. The second-order valence-corrected chi connectivity index (χ2v) is 4.77. The van der Waals surface area contributed by atoms with Crippen molar-refractivity contribution >= 4 is 0 Å². The second-order valence-electron chi connectivity index (χ2n) is 4.77. The van der Waals surface area contributed by atoms with Crippen LogP contribution in [0.1, 0.15) is 30.7 Å². The molecule has 3 rings (SSSR count). The van der Waals surface area contributed by atoms with E-state index in [2.05, 4.69) is 21.6 Å². The minimum absolute atomic E-state index is 0.775. The minimum Gasteiger partial charge on any atom is -0.308 e. The van der Waals surface area contributed by atoms with Crippen molar-refractivity contribution in [1.29, 1.82) is 0 Å². The molecule has 2 saturated carbocycles. The standard InChI is InChI=1S/C11H17N3/c1-7-4-9(14-13-7)6-12-11-3-2-8-5-10(8)11/h4,8,10-12H,2-3,5-6H2,1H3,(H,13,14). The van der Waals surface area contributed by atoms with Crippen LogP contribution in [0.4, 0.5) is 0 Å². The lowest BCUT2D eigenvalue weighted by Gasteiger charge is -2.12. The topological polar surface area (TPSA) is 40.7 Å². The molecule has 0 saturated heterocycles. The molecule has 0 bridgehead atoms. The quantitative estimate of drug-likeness (QED) is 0.762. The Morgan fingerprint density at radius 3 is 3.07 bits per heavy atom. The van der Waals surface area contributed by atoms with Gasteiger partial charge < -0.3 is 5.32 Å². The predicted octanol–water partition coefficient (Wildman–Crippen LogP) is 1.61. The number of aromatic amines is 1. The molecule has 3 nitrogen and oxygen atoms in total. The maximum Gasteiger partial charge on any atom is 0.0762 e. The summed E-state index contributed by atoms with van der Waals surface area (Å²) in [6.07, 6.45) is 4.29. The molecule has 0 spiro atoms. The van der Waals surface area contributed by atoms with Gasteiger partial charge in [-0.15, -0.1) is 0 Å². The van der Waals surface area contributed by atoms with Crippen molar-refractivity contribution in [2.24, 2.45) is 11.8 Å². The van der Waals surface area contributed by atoms with Gasteiger partial charge in [0.1, 0.15) is 0 Å². The van der Waals surface area contributed by atoms with E-state index in [1.165, 1.54) is 19.3 Å². The molecule has 0 radical (unpaired) electrons. The average molecular weight is 191 g/mol. The van der Waals surface area contributed by atoms with E-state index in [1.807, 2.05) is 6.92 Å². The number of rotatable bonds is 3. The third kappa shape index (κ3) is 1.46. The lowest BCUT2D eigenvalue weighted by atomic mass is 10.1. The van der Waals surface area contributed by atoms with Gasteiger partial charge in [0.15, 0.2) is 0 Å². The Hall–Kier alpha value is -0.830. The first kappa shape index (κ1) is 8.48. The first-order chi connectivity index (χ1) is 6.83. The van der Waals surface area contributed by atoms with Crippen LogP contribution in [0, 0.1) is 18.8 Å². The van der Waals surface area contributed by atoms with Crippen LogP contribution in [0.5, 0.6) is 0 Å². The summed E-state index contributed by atoms with van der Waals surface area (Å²) in [5.74, 6) is 2.06. The molecule has 0 aromatic carbocycles. The Balaban J connectivity index is 1.54. The lowest BCUT2D eigenvalue weighted by molar-refractivity contribution is 0.471. The molecule has 3 atom stereocenters. The van der Waals surface area contributed by atoms with Crippen LogP contribution in [0.3, 0.4) is 0 Å². The zero-order valence-electron chi connectivity index (χ0n) is 8.59. The van der Waals surface area contributed by atoms with Gasteiger partial charge in [0.05, 0.1) is 5.69 Å². The fraction of sp³-hybridized carbons (Fsp3) is 0.727. The highest BCUT2D eigenvalue weighted by molar-refractivity contribution is 5.08. The van der Waals surface area contributed by atoms with Gasteiger partial charge in [-0.25, -0.2) is 0 Å². The van der Waals surface area contributed by atoms with Crippen LogP contribution in [0.15, 0.2) is 6.07 Å². The van der Waals surface area contributed by atoms with Crippen molar-refractivity contribution in [2.75, 3.05) is 0 Å². The van der Waals surface area contributed by atoms with E-state index >= 15 is 0 Å². The Labute approximate surface area is 84.3 Å². The summed E-state index contributed by atoms with van der Waals surface area (Å²) in [5.41, 5.74) is 2.30. The van der Waals surface area contributed by atoms with Crippen LogP contribution < -0.4 is 5.32 Å². The maximum atomic E-state index is 4.23. The molecule has 2 aliphatic rings. The lowest BCUT2D eigenvalue weighted by Crippen LogP contribution is -2.28. The van der Waals surface area contributed by atoms with Crippen molar-refractivity contribution < 1.29 is 0 Å². The van der Waals surface area contributed by atoms with Crippen LogP contribution in [-0.4, -0.2) is 16.2 Å². The largest absolute Gasteiger partial charge is 0.308 e. The van der Waals surface area contributed by atoms with Crippen molar-refractivity contribution in [1.82, 2.24) is 15.5 Å². The second kappa shape index (κ2) is 3.09. The summed E-state index contributed by atoms with van der Waals surface area (Å²) in [5, 5.41) is 10.8. The molecule has 0 aliphatic heterocycles. The molecule has 1 aromatic rings. The fourth-order valence-electron chi connectivity index (χ4n) is 2.76. The van der Waals surface area contributed by atoms with Crippen molar-refractivity contribution in [3.63, 3.8) is 0 Å². The molecule has 2 fully saturated rings. The van der Waals surface area contributed by atoms with Gasteiger partial charge in [-0.05, 0) is 44.1 Å². The molecule has 1 heterocycles. The zero-order chi connectivity index (χ0) is 9.54. The zero-order valence-corrected chi connectivity index (χ0v) is 8.59. The molecular formula is C11H17N3. The average Bonchev–Trinajstić information content (AvgIpc) is 2.66. The van der Waals surface area contributed by atoms with Gasteiger partial charge >= 0.3 is 0 Å². The SMILES string of the molecule is Cc1cc(CNC2CCC3CC32)n[nH]1. The number of H-pyrrole nitrogens is 1. The number of hydrogen-bond acceptors (Lipinski definition) is 2. The van der Waals surface area contributed by atoms with Crippen molar-refractivity contribution in [2.45, 2.75) is 38.8 Å². The first-order valence-electron chi connectivity index (χ1n) is 5.57. The van der Waals surface area contributed by atoms with Crippen LogP contribution in [-0.2, 0) is 6.54 Å². The van der Waals surface area contributed by atoms with Gasteiger partial charge in [-0.1, -0.05) is 0 Å². The van der Waals surface area contributed by atoms with Crippen LogP contribution >= 0.6 is 0 Å². The van der Waals surface area contributed by atoms with Gasteiger partial charge in [-0.3, -0.25) is 5.10 Å². The summed E-state index contributed by atoms with van der Waals surface area (Å²) in [4.78, 5) is 0. The van der Waals surface area contributed by atoms with E-state index in [1.54, 1.807) is 0 Å². The summed E-state index contributed by atoms with van der Waals surface area (Å²) >= 11 is 0. The number of aromatic nitrogens is 2. The van der Waals surface area contributed by atoms with Gasteiger partial charge in [0, 0.05) is 18.3 Å². The maximum absolute atomic E-state index is 4.23. The molecule has 1 aromatic heterocycles. The predicted molar refractivity (Wildman–Crippen MR) is 54.8 cm³/mol. The third-order valence-electron chi connectivity index (χ3n) is 3.65. The van der Waals surface area contributed by atoms with Gasteiger partial charge in [0.25, 0.3) is 0 Å². The normalized spacial score (nSPS) is 34.5. The van der Waals surface area contributed by atoms with E-state index in [0.29, 0.717) is 0 Å². The van der Waals surface area contributed by atoms with Crippen molar-refractivity contribution in [3.8, 4) is 0 Å².